The highest BCUT2D eigenvalue weighted by molar-refractivity contribution is 7.89. The van der Waals surface area contributed by atoms with Gasteiger partial charge in [0, 0.05) is 0 Å². The Morgan fingerprint density at radius 1 is 1.43 bits per heavy atom. The van der Waals surface area contributed by atoms with Crippen molar-refractivity contribution in [2.24, 2.45) is 0 Å². The van der Waals surface area contributed by atoms with Crippen molar-refractivity contribution in [3.8, 4) is 5.75 Å². The molecule has 0 spiro atoms. The highest BCUT2D eigenvalue weighted by Gasteiger charge is 2.21. The van der Waals surface area contributed by atoms with Crippen LogP contribution in [0.4, 0.5) is 0 Å². The Bertz CT molecular complexity index is 816. The summed E-state index contributed by atoms with van der Waals surface area (Å²) < 4.78 is 32.1. The van der Waals surface area contributed by atoms with Gasteiger partial charge in [-0.15, -0.1) is 0 Å². The first kappa shape index (κ1) is 16.9. The van der Waals surface area contributed by atoms with Crippen LogP contribution in [0.5, 0.6) is 5.75 Å². The second-order valence-electron chi connectivity index (χ2n) is 4.52. The van der Waals surface area contributed by atoms with Gasteiger partial charge in [0.05, 0.1) is 37.7 Å². The van der Waals surface area contributed by atoms with Gasteiger partial charge in [0.1, 0.15) is 10.6 Å². The largest absolute Gasteiger partial charge is 0.495 e. The molecule has 2 rings (SSSR count). The molecular weight excluding hydrogens is 324 g/mol. The molecule has 0 atom stereocenters. The number of rotatable bonds is 7. The number of hydrogen-bond donors (Lipinski definition) is 2. The van der Waals surface area contributed by atoms with Crippen LogP contribution in [0.2, 0.25) is 0 Å². The number of hydrogen-bond acceptors (Lipinski definition) is 6. The molecule has 1 aromatic carbocycles. The fraction of sp³-hybridized carbons (Fsp3) is 0.308. The molecule has 0 aliphatic carbocycles. The van der Waals surface area contributed by atoms with Crippen LogP contribution in [-0.2, 0) is 23.1 Å². The van der Waals surface area contributed by atoms with E-state index in [-0.39, 0.29) is 22.8 Å². The number of methoxy groups -OCH3 is 1. The first-order valence-corrected chi connectivity index (χ1v) is 8.15. The van der Waals surface area contributed by atoms with Gasteiger partial charge in [-0.2, -0.15) is 15.0 Å². The minimum absolute atomic E-state index is 0.0355. The van der Waals surface area contributed by atoms with Crippen LogP contribution in [0.25, 0.3) is 0 Å². The number of ether oxygens (including phenoxy) is 1. The predicted octanol–water partition coefficient (Wildman–Crippen LogP) is 0.483. The number of sulfonamides is 1. The predicted molar refractivity (Wildman–Crippen MR) is 79.7 cm³/mol. The summed E-state index contributed by atoms with van der Waals surface area (Å²) in [5, 5.41) is 17.0. The van der Waals surface area contributed by atoms with Gasteiger partial charge in [0.15, 0.2) is 0 Å². The fourth-order valence-corrected chi connectivity index (χ4v) is 2.98. The van der Waals surface area contributed by atoms with Crippen molar-refractivity contribution < 1.29 is 23.1 Å². The third kappa shape index (κ3) is 3.85. The number of carbonyl (C=O) groups is 1. The molecule has 2 N–H and O–H groups in total. The topological polar surface area (TPSA) is 123 Å². The molecule has 0 saturated heterocycles. The number of carboxylic acid groups (broad SMARTS) is 1. The summed E-state index contributed by atoms with van der Waals surface area (Å²) in [5.74, 6) is -1.22. The Morgan fingerprint density at radius 2 is 2.17 bits per heavy atom. The summed E-state index contributed by atoms with van der Waals surface area (Å²) >= 11 is 0. The first-order valence-electron chi connectivity index (χ1n) is 6.67. The summed E-state index contributed by atoms with van der Waals surface area (Å²) in [4.78, 5) is 12.2. The third-order valence-electron chi connectivity index (χ3n) is 3.01. The molecule has 1 heterocycles. The number of aromatic nitrogens is 3. The zero-order chi connectivity index (χ0) is 17.0. The minimum atomic E-state index is -3.89. The number of carboxylic acids is 1. The summed E-state index contributed by atoms with van der Waals surface area (Å²) in [6.07, 6.45) is 1.47. The van der Waals surface area contributed by atoms with Crippen LogP contribution < -0.4 is 9.46 Å². The lowest BCUT2D eigenvalue weighted by Gasteiger charge is -2.10. The van der Waals surface area contributed by atoms with Crippen LogP contribution >= 0.6 is 0 Å². The highest BCUT2D eigenvalue weighted by atomic mass is 32.2. The maximum atomic E-state index is 12.3. The van der Waals surface area contributed by atoms with Gasteiger partial charge in [-0.25, -0.2) is 17.9 Å². The van der Waals surface area contributed by atoms with Crippen LogP contribution in [0.15, 0.2) is 29.3 Å². The normalized spacial score (nSPS) is 11.4. The van der Waals surface area contributed by atoms with Crippen molar-refractivity contribution in [3.63, 3.8) is 0 Å². The van der Waals surface area contributed by atoms with Gasteiger partial charge in [0.25, 0.3) is 0 Å². The van der Waals surface area contributed by atoms with Crippen molar-refractivity contribution in [2.45, 2.75) is 24.9 Å². The van der Waals surface area contributed by atoms with Crippen LogP contribution in [0, 0.1) is 0 Å². The number of aromatic carboxylic acids is 1. The molecule has 0 fully saturated rings. The molecule has 0 amide bonds. The van der Waals surface area contributed by atoms with E-state index in [2.05, 4.69) is 14.9 Å². The molecule has 23 heavy (non-hydrogen) atoms. The second kappa shape index (κ2) is 6.75. The van der Waals surface area contributed by atoms with Gasteiger partial charge in [0.2, 0.25) is 10.0 Å². The maximum absolute atomic E-state index is 12.3. The number of benzene rings is 1. The second-order valence-corrected chi connectivity index (χ2v) is 6.26. The molecule has 0 aliphatic rings. The Hall–Kier alpha value is -2.46. The lowest BCUT2D eigenvalue weighted by atomic mass is 10.2. The molecule has 0 bridgehead atoms. The van der Waals surface area contributed by atoms with Crippen LogP contribution in [-0.4, -0.2) is 41.6 Å². The lowest BCUT2D eigenvalue weighted by Crippen LogP contribution is -2.24. The number of nitrogens with zero attached hydrogens (tertiary/aromatic N) is 3. The van der Waals surface area contributed by atoms with E-state index in [0.717, 1.165) is 6.07 Å². The maximum Gasteiger partial charge on any atom is 0.335 e. The van der Waals surface area contributed by atoms with Crippen LogP contribution in [0.3, 0.4) is 0 Å². The molecule has 0 radical (unpaired) electrons. The molecular formula is C13H16N4O5S. The van der Waals surface area contributed by atoms with Crippen molar-refractivity contribution >= 4 is 16.0 Å². The average Bonchev–Trinajstić information content (AvgIpc) is 3.00. The fourth-order valence-electron chi connectivity index (χ4n) is 1.84. The molecule has 0 unspecified atom stereocenters. The first-order chi connectivity index (χ1) is 10.9. The van der Waals surface area contributed by atoms with Crippen molar-refractivity contribution in [1.82, 2.24) is 19.7 Å². The lowest BCUT2D eigenvalue weighted by molar-refractivity contribution is 0.0696. The van der Waals surface area contributed by atoms with Crippen molar-refractivity contribution in [1.29, 1.82) is 0 Å². The Labute approximate surface area is 132 Å². The Balaban J connectivity index is 2.23. The molecule has 10 heteroatoms. The third-order valence-corrected chi connectivity index (χ3v) is 4.45. The number of aryl methyl sites for hydroxylation is 1. The van der Waals surface area contributed by atoms with E-state index in [4.69, 9.17) is 9.84 Å². The van der Waals surface area contributed by atoms with E-state index in [1.165, 1.54) is 30.2 Å². The average molecular weight is 340 g/mol. The van der Waals surface area contributed by atoms with E-state index < -0.39 is 16.0 Å². The molecule has 9 nitrogen and oxygen atoms in total. The SMILES string of the molecule is CCn1ncc(CNS(=O)(=O)c2ccc(C(=O)O)cc2OC)n1. The van der Waals surface area contributed by atoms with E-state index >= 15 is 0 Å². The zero-order valence-corrected chi connectivity index (χ0v) is 13.4. The van der Waals surface area contributed by atoms with E-state index in [1.54, 1.807) is 0 Å². The number of nitrogens with one attached hydrogen (secondary N) is 1. The summed E-state index contributed by atoms with van der Waals surface area (Å²) in [6, 6.07) is 3.55. The van der Waals surface area contributed by atoms with Crippen molar-refractivity contribution in [3.05, 3.63) is 35.7 Å². The van der Waals surface area contributed by atoms with E-state index in [1.807, 2.05) is 6.92 Å². The summed E-state index contributed by atoms with van der Waals surface area (Å²) in [5.41, 5.74) is 0.406. The van der Waals surface area contributed by atoms with Gasteiger partial charge in [-0.05, 0) is 25.1 Å². The highest BCUT2D eigenvalue weighted by Crippen LogP contribution is 2.25. The molecule has 1 aromatic heterocycles. The monoisotopic (exact) mass is 340 g/mol. The van der Waals surface area contributed by atoms with Gasteiger partial charge < -0.3 is 9.84 Å². The standard InChI is InChI=1S/C13H16N4O5S/c1-3-17-14-7-10(16-17)8-15-23(20,21)12-5-4-9(13(18)19)6-11(12)22-2/h4-7,15H,3,8H2,1-2H3,(H,18,19). The quantitative estimate of drug-likeness (QED) is 0.751. The van der Waals surface area contributed by atoms with E-state index in [0.29, 0.717) is 12.2 Å². The summed E-state index contributed by atoms with van der Waals surface area (Å²) in [6.45, 7) is 2.41. The molecule has 0 saturated carbocycles. The van der Waals surface area contributed by atoms with Crippen molar-refractivity contribution in [2.75, 3.05) is 7.11 Å². The Kier molecular flexibility index (Phi) is 4.96. The Morgan fingerprint density at radius 3 is 2.74 bits per heavy atom. The molecule has 124 valence electrons. The smallest absolute Gasteiger partial charge is 0.335 e. The van der Waals surface area contributed by atoms with Crippen LogP contribution in [0.1, 0.15) is 23.0 Å². The zero-order valence-electron chi connectivity index (χ0n) is 12.6. The minimum Gasteiger partial charge on any atom is -0.495 e. The van der Waals surface area contributed by atoms with Gasteiger partial charge >= 0.3 is 5.97 Å². The summed E-state index contributed by atoms with van der Waals surface area (Å²) in [7, 11) is -2.62. The molecule has 0 aliphatic heterocycles. The van der Waals surface area contributed by atoms with Gasteiger partial charge in [-0.3, -0.25) is 0 Å². The van der Waals surface area contributed by atoms with Gasteiger partial charge in [-0.1, -0.05) is 0 Å². The van der Waals surface area contributed by atoms with E-state index in [9.17, 15) is 13.2 Å². The molecule has 2 aromatic rings.